The molecule has 0 atom stereocenters. The number of ketones is 1. The molecule has 33 heavy (non-hydrogen) atoms. The third-order valence-electron chi connectivity index (χ3n) is 5.14. The Hall–Kier alpha value is -3.86. The number of rotatable bonds is 10. The SMILES string of the molecule is CCOc1ccc(/C=C(/CC(=O)c2ccc(C)cc2)C(=O)NCc2ccccc2)cc1OC. The molecule has 170 valence electrons. The molecule has 3 rings (SSSR count). The predicted molar refractivity (Wildman–Crippen MR) is 131 cm³/mol. The summed E-state index contributed by atoms with van der Waals surface area (Å²) in [6, 6.07) is 22.5. The Morgan fingerprint density at radius 1 is 0.939 bits per heavy atom. The molecule has 3 aromatic carbocycles. The van der Waals surface area contributed by atoms with E-state index >= 15 is 0 Å². The van der Waals surface area contributed by atoms with Crippen LogP contribution in [0.4, 0.5) is 0 Å². The van der Waals surface area contributed by atoms with Gasteiger partial charge in [0.2, 0.25) is 5.91 Å². The third-order valence-corrected chi connectivity index (χ3v) is 5.14. The molecule has 0 aliphatic heterocycles. The van der Waals surface area contributed by atoms with Crippen LogP contribution in [0.5, 0.6) is 11.5 Å². The summed E-state index contributed by atoms with van der Waals surface area (Å²) < 4.78 is 11.0. The minimum atomic E-state index is -0.285. The number of carbonyl (C=O) groups is 2. The van der Waals surface area contributed by atoms with Crippen LogP contribution in [-0.4, -0.2) is 25.4 Å². The number of methoxy groups -OCH3 is 1. The molecule has 1 N–H and O–H groups in total. The lowest BCUT2D eigenvalue weighted by atomic mass is 9.99. The predicted octanol–water partition coefficient (Wildman–Crippen LogP) is 5.38. The van der Waals surface area contributed by atoms with Crippen LogP contribution in [-0.2, 0) is 11.3 Å². The second kappa shape index (κ2) is 11.7. The molecule has 5 heteroatoms. The first kappa shape index (κ1) is 23.8. The van der Waals surface area contributed by atoms with Crippen molar-refractivity contribution in [3.63, 3.8) is 0 Å². The average molecular weight is 444 g/mol. The molecular weight excluding hydrogens is 414 g/mol. The van der Waals surface area contributed by atoms with Crippen LogP contribution < -0.4 is 14.8 Å². The van der Waals surface area contributed by atoms with Gasteiger partial charge in [-0.3, -0.25) is 9.59 Å². The summed E-state index contributed by atoms with van der Waals surface area (Å²) in [6.45, 7) is 4.76. The van der Waals surface area contributed by atoms with E-state index in [1.54, 1.807) is 37.5 Å². The van der Waals surface area contributed by atoms with Gasteiger partial charge in [-0.05, 0) is 43.2 Å². The van der Waals surface area contributed by atoms with Crippen LogP contribution >= 0.6 is 0 Å². The van der Waals surface area contributed by atoms with Gasteiger partial charge in [0.25, 0.3) is 0 Å². The Morgan fingerprint density at radius 3 is 2.33 bits per heavy atom. The zero-order valence-corrected chi connectivity index (χ0v) is 19.3. The lowest BCUT2D eigenvalue weighted by Gasteiger charge is -2.12. The highest BCUT2D eigenvalue weighted by molar-refractivity contribution is 6.07. The first-order chi connectivity index (χ1) is 16.0. The van der Waals surface area contributed by atoms with E-state index in [9.17, 15) is 9.59 Å². The molecule has 5 nitrogen and oxygen atoms in total. The van der Waals surface area contributed by atoms with Crippen LogP contribution in [0.1, 0.15) is 40.4 Å². The summed E-state index contributed by atoms with van der Waals surface area (Å²) in [6.07, 6.45) is 1.71. The van der Waals surface area contributed by atoms with Crippen molar-refractivity contribution >= 4 is 17.8 Å². The van der Waals surface area contributed by atoms with Crippen LogP contribution in [0.15, 0.2) is 78.4 Å². The van der Waals surface area contributed by atoms with Crippen molar-refractivity contribution in [2.45, 2.75) is 26.8 Å². The summed E-state index contributed by atoms with van der Waals surface area (Å²) in [5, 5.41) is 2.93. The highest BCUT2D eigenvalue weighted by Gasteiger charge is 2.16. The molecule has 0 unspecified atom stereocenters. The maximum absolute atomic E-state index is 13.1. The molecule has 0 saturated carbocycles. The Kier molecular flexibility index (Phi) is 8.42. The molecule has 0 saturated heterocycles. The van der Waals surface area contributed by atoms with E-state index in [1.807, 2.05) is 62.4 Å². The zero-order chi connectivity index (χ0) is 23.6. The Morgan fingerprint density at radius 2 is 1.67 bits per heavy atom. The molecule has 3 aromatic rings. The van der Waals surface area contributed by atoms with E-state index in [4.69, 9.17) is 9.47 Å². The van der Waals surface area contributed by atoms with Gasteiger partial charge in [-0.1, -0.05) is 66.2 Å². The van der Waals surface area contributed by atoms with E-state index in [1.165, 1.54) is 0 Å². The van der Waals surface area contributed by atoms with Gasteiger partial charge in [0, 0.05) is 24.1 Å². The molecule has 0 aliphatic carbocycles. The van der Waals surface area contributed by atoms with Gasteiger partial charge in [-0.2, -0.15) is 0 Å². The molecule has 0 spiro atoms. The minimum Gasteiger partial charge on any atom is -0.493 e. The number of ether oxygens (including phenoxy) is 2. The van der Waals surface area contributed by atoms with E-state index in [0.29, 0.717) is 35.8 Å². The molecule has 0 bridgehead atoms. The number of Topliss-reactive ketones (excluding diaryl/α,β-unsaturated/α-hetero) is 1. The largest absolute Gasteiger partial charge is 0.493 e. The molecule has 0 heterocycles. The highest BCUT2D eigenvalue weighted by atomic mass is 16.5. The monoisotopic (exact) mass is 443 g/mol. The second-order valence-electron chi connectivity index (χ2n) is 7.65. The van der Waals surface area contributed by atoms with Crippen molar-refractivity contribution in [2.24, 2.45) is 0 Å². The van der Waals surface area contributed by atoms with E-state index in [-0.39, 0.29) is 18.1 Å². The number of carbonyl (C=O) groups excluding carboxylic acids is 2. The van der Waals surface area contributed by atoms with E-state index in [2.05, 4.69) is 5.32 Å². The number of hydrogen-bond donors (Lipinski definition) is 1. The number of benzene rings is 3. The molecule has 1 amide bonds. The van der Waals surface area contributed by atoms with Gasteiger partial charge in [0.05, 0.1) is 13.7 Å². The first-order valence-corrected chi connectivity index (χ1v) is 10.9. The summed E-state index contributed by atoms with van der Waals surface area (Å²) >= 11 is 0. The van der Waals surface area contributed by atoms with Crippen molar-refractivity contribution < 1.29 is 19.1 Å². The third kappa shape index (κ3) is 6.81. The Balaban J connectivity index is 1.87. The van der Waals surface area contributed by atoms with Crippen LogP contribution in [0.3, 0.4) is 0 Å². The van der Waals surface area contributed by atoms with Crippen molar-refractivity contribution in [3.8, 4) is 11.5 Å². The van der Waals surface area contributed by atoms with E-state index in [0.717, 1.165) is 16.7 Å². The van der Waals surface area contributed by atoms with Crippen LogP contribution in [0.25, 0.3) is 6.08 Å². The van der Waals surface area contributed by atoms with Crippen molar-refractivity contribution in [2.75, 3.05) is 13.7 Å². The summed E-state index contributed by atoms with van der Waals surface area (Å²) in [7, 11) is 1.57. The highest BCUT2D eigenvalue weighted by Crippen LogP contribution is 2.29. The van der Waals surface area contributed by atoms with Crippen LogP contribution in [0.2, 0.25) is 0 Å². The molecule has 0 aliphatic rings. The van der Waals surface area contributed by atoms with Gasteiger partial charge in [0.15, 0.2) is 17.3 Å². The van der Waals surface area contributed by atoms with Gasteiger partial charge in [0.1, 0.15) is 0 Å². The van der Waals surface area contributed by atoms with Gasteiger partial charge < -0.3 is 14.8 Å². The Labute approximate surface area is 195 Å². The van der Waals surface area contributed by atoms with Crippen molar-refractivity contribution in [1.82, 2.24) is 5.32 Å². The average Bonchev–Trinajstić information content (AvgIpc) is 2.84. The summed E-state index contributed by atoms with van der Waals surface area (Å²) in [5.41, 5.74) is 3.76. The van der Waals surface area contributed by atoms with E-state index < -0.39 is 0 Å². The molecule has 0 radical (unpaired) electrons. The lowest BCUT2D eigenvalue weighted by molar-refractivity contribution is -0.117. The number of hydrogen-bond acceptors (Lipinski definition) is 4. The summed E-state index contributed by atoms with van der Waals surface area (Å²) in [5.74, 6) is 0.795. The van der Waals surface area contributed by atoms with Crippen molar-refractivity contribution in [3.05, 3.63) is 101 Å². The zero-order valence-electron chi connectivity index (χ0n) is 19.3. The fraction of sp³-hybridized carbons (Fsp3) is 0.214. The maximum atomic E-state index is 13.1. The number of aryl methyl sites for hydroxylation is 1. The smallest absolute Gasteiger partial charge is 0.247 e. The number of nitrogens with one attached hydrogen (secondary N) is 1. The fourth-order valence-corrected chi connectivity index (χ4v) is 3.35. The van der Waals surface area contributed by atoms with Gasteiger partial charge >= 0.3 is 0 Å². The van der Waals surface area contributed by atoms with Crippen LogP contribution in [0, 0.1) is 6.92 Å². The Bertz CT molecular complexity index is 1120. The maximum Gasteiger partial charge on any atom is 0.247 e. The normalized spacial score (nSPS) is 11.1. The quantitative estimate of drug-likeness (QED) is 0.338. The standard InChI is InChI=1S/C28H29NO4/c1-4-33-26-15-12-22(17-27(26)32-3)16-24(18-25(30)23-13-10-20(2)11-14-23)28(31)29-19-21-8-6-5-7-9-21/h5-17H,4,18-19H2,1-3H3,(H,29,31)/b24-16-. The van der Waals surface area contributed by atoms with Gasteiger partial charge in [-0.25, -0.2) is 0 Å². The number of amides is 1. The topological polar surface area (TPSA) is 64.6 Å². The molecule has 0 aromatic heterocycles. The molecular formula is C28H29NO4. The summed E-state index contributed by atoms with van der Waals surface area (Å²) in [4.78, 5) is 26.0. The second-order valence-corrected chi connectivity index (χ2v) is 7.65. The van der Waals surface area contributed by atoms with Crippen molar-refractivity contribution in [1.29, 1.82) is 0 Å². The fourth-order valence-electron chi connectivity index (χ4n) is 3.35. The first-order valence-electron chi connectivity index (χ1n) is 10.9. The van der Waals surface area contributed by atoms with Gasteiger partial charge in [-0.15, -0.1) is 0 Å². The molecule has 0 fully saturated rings. The minimum absolute atomic E-state index is 0.0147. The lowest BCUT2D eigenvalue weighted by Crippen LogP contribution is -2.25.